The molecular formula is C48H50O6. The summed E-state index contributed by atoms with van der Waals surface area (Å²) >= 11 is 0. The van der Waals surface area contributed by atoms with Crippen LogP contribution in [0.1, 0.15) is 82.3 Å². The number of aromatic hydroxyl groups is 1. The summed E-state index contributed by atoms with van der Waals surface area (Å²) in [6, 6.07) is 26.1. The summed E-state index contributed by atoms with van der Waals surface area (Å²) in [5, 5.41) is 21.3. The molecule has 3 aromatic rings. The minimum absolute atomic E-state index is 0.00495. The molecule has 0 radical (unpaired) electrons. The largest absolute Gasteiger partial charge is 0.508 e. The molecule has 3 fully saturated rings. The average molecular weight is 723 g/mol. The van der Waals surface area contributed by atoms with Gasteiger partial charge in [-0.1, -0.05) is 99.3 Å². The Morgan fingerprint density at radius 2 is 1.63 bits per heavy atom. The molecule has 3 aromatic carbocycles. The first kappa shape index (κ1) is 35.0. The predicted octanol–water partition coefficient (Wildman–Crippen LogP) is 9.88. The van der Waals surface area contributed by atoms with E-state index in [1.165, 1.54) is 18.4 Å². The van der Waals surface area contributed by atoms with Crippen molar-refractivity contribution in [3.63, 3.8) is 0 Å². The Morgan fingerprint density at radius 3 is 2.37 bits per heavy atom. The zero-order valence-electron chi connectivity index (χ0n) is 31.1. The number of phenols is 1. The number of carbonyl (C=O) groups excluding carboxylic acids is 2. The highest BCUT2D eigenvalue weighted by Gasteiger charge is 2.68. The number of allylic oxidation sites excluding steroid dienone is 5. The Kier molecular flexibility index (Phi) is 9.21. The van der Waals surface area contributed by atoms with E-state index in [0.717, 1.165) is 78.4 Å². The number of fused-ring (bicyclic) bond motifs is 1. The Morgan fingerprint density at radius 1 is 0.870 bits per heavy atom. The number of hydrogen-bond acceptors (Lipinski definition) is 6. The Hall–Kier alpha value is -4.68. The molecule has 2 aliphatic heterocycles. The first-order valence-electron chi connectivity index (χ1n) is 20.3. The van der Waals surface area contributed by atoms with Crippen molar-refractivity contribution >= 4 is 17.5 Å². The molecular weight excluding hydrogens is 673 g/mol. The number of aliphatic hydroxyl groups excluding tert-OH is 1. The van der Waals surface area contributed by atoms with Gasteiger partial charge in [-0.2, -0.15) is 0 Å². The normalized spacial score (nSPS) is 28.7. The number of cyclic esters (lactones) is 2. The van der Waals surface area contributed by atoms with Gasteiger partial charge < -0.3 is 19.7 Å². The molecule has 2 N–H and O–H groups in total. The third-order valence-corrected chi connectivity index (χ3v) is 13.9. The summed E-state index contributed by atoms with van der Waals surface area (Å²) in [6.07, 6.45) is 14.5. The van der Waals surface area contributed by atoms with E-state index in [1.807, 2.05) is 36.4 Å². The van der Waals surface area contributed by atoms with E-state index in [2.05, 4.69) is 55.5 Å². The molecule has 6 atom stereocenters. The lowest BCUT2D eigenvalue weighted by Crippen LogP contribution is -2.52. The van der Waals surface area contributed by atoms with Crippen LogP contribution in [0.3, 0.4) is 0 Å². The smallest absolute Gasteiger partial charge is 0.340 e. The van der Waals surface area contributed by atoms with Crippen molar-refractivity contribution in [1.82, 2.24) is 0 Å². The molecule has 10 rings (SSSR count). The minimum atomic E-state index is -0.831. The molecule has 0 amide bonds. The summed E-state index contributed by atoms with van der Waals surface area (Å²) in [7, 11) is 0. The van der Waals surface area contributed by atoms with Gasteiger partial charge in [0, 0.05) is 23.7 Å². The van der Waals surface area contributed by atoms with E-state index in [4.69, 9.17) is 9.47 Å². The van der Waals surface area contributed by atoms with Crippen LogP contribution >= 0.6 is 0 Å². The van der Waals surface area contributed by atoms with Gasteiger partial charge in [-0.15, -0.1) is 0 Å². The molecule has 5 aliphatic carbocycles. The quantitative estimate of drug-likeness (QED) is 0.203. The van der Waals surface area contributed by atoms with E-state index < -0.39 is 5.41 Å². The third kappa shape index (κ3) is 5.71. The van der Waals surface area contributed by atoms with Crippen LogP contribution in [-0.2, 0) is 25.5 Å². The Bertz CT molecular complexity index is 2080. The molecule has 2 bridgehead atoms. The molecule has 6 nitrogen and oxygen atoms in total. The topological polar surface area (TPSA) is 93.1 Å². The van der Waals surface area contributed by atoms with Gasteiger partial charge >= 0.3 is 11.9 Å². The van der Waals surface area contributed by atoms with Crippen LogP contribution in [0.25, 0.3) is 16.7 Å². The molecule has 6 unspecified atom stereocenters. The summed E-state index contributed by atoms with van der Waals surface area (Å²) in [5.41, 5.74) is 6.58. The van der Waals surface area contributed by atoms with Gasteiger partial charge in [-0.25, -0.2) is 9.59 Å². The molecule has 7 aliphatic rings. The number of carbonyl (C=O) groups is 2. The van der Waals surface area contributed by atoms with E-state index in [9.17, 15) is 19.8 Å². The van der Waals surface area contributed by atoms with Gasteiger partial charge in [-0.05, 0) is 127 Å². The van der Waals surface area contributed by atoms with Gasteiger partial charge in [0.15, 0.2) is 0 Å². The van der Waals surface area contributed by atoms with Crippen LogP contribution in [0.2, 0.25) is 0 Å². The van der Waals surface area contributed by atoms with Crippen molar-refractivity contribution in [2.45, 2.75) is 77.6 Å². The molecule has 2 heterocycles. The van der Waals surface area contributed by atoms with Crippen LogP contribution < -0.4 is 0 Å². The van der Waals surface area contributed by atoms with Crippen molar-refractivity contribution in [2.75, 3.05) is 6.61 Å². The van der Waals surface area contributed by atoms with Crippen LogP contribution in [0.15, 0.2) is 119 Å². The number of aliphatic hydroxyl groups is 1. The molecule has 2 saturated carbocycles. The van der Waals surface area contributed by atoms with E-state index in [1.54, 1.807) is 6.07 Å². The molecule has 278 valence electrons. The second-order valence-electron chi connectivity index (χ2n) is 16.5. The number of benzene rings is 3. The predicted molar refractivity (Wildman–Crippen MR) is 208 cm³/mol. The van der Waals surface area contributed by atoms with Crippen LogP contribution in [0, 0.1) is 40.9 Å². The number of phenolic OH excluding ortho intramolecular Hbond substituents is 1. The maximum Gasteiger partial charge on any atom is 0.340 e. The van der Waals surface area contributed by atoms with E-state index in [0.29, 0.717) is 35.9 Å². The highest BCUT2D eigenvalue weighted by atomic mass is 16.5. The Labute approximate surface area is 318 Å². The van der Waals surface area contributed by atoms with Crippen LogP contribution in [0.4, 0.5) is 0 Å². The van der Waals surface area contributed by atoms with Gasteiger partial charge in [0.2, 0.25) is 0 Å². The van der Waals surface area contributed by atoms with Crippen molar-refractivity contribution in [2.24, 2.45) is 40.9 Å². The standard InChI is InChI=1S/C48H50O6/c1-2-29(25-30-11-5-3-6-12-30)26-41-48-24-23-36(42(45(48)47(52)54-41)39-27-34(50)18-19-35(39)32-15-7-4-8-16-32)37-20-21-38-40(53-46(51)43(38)44(37)48)22-17-33(28-49)31-13-9-10-14-31/h3-8,11-12,15-16,18-19,22,26-27,29,31,33,36-37,44,49-50H,2,9-10,13-14,17,20-21,23-25,28H2,1H3. The number of rotatable bonds is 10. The van der Waals surface area contributed by atoms with Gasteiger partial charge in [-0.3, -0.25) is 0 Å². The fraction of sp³-hybridized carbons (Fsp3) is 0.417. The van der Waals surface area contributed by atoms with Crippen molar-refractivity contribution < 1.29 is 29.3 Å². The van der Waals surface area contributed by atoms with Gasteiger partial charge in [0.25, 0.3) is 0 Å². The zero-order chi connectivity index (χ0) is 37.0. The summed E-state index contributed by atoms with van der Waals surface area (Å²) in [5.74, 6) is 1.47. The molecule has 54 heavy (non-hydrogen) atoms. The van der Waals surface area contributed by atoms with Crippen molar-refractivity contribution in [1.29, 1.82) is 0 Å². The summed E-state index contributed by atoms with van der Waals surface area (Å²) < 4.78 is 12.7. The average Bonchev–Trinajstić information content (AvgIpc) is 3.93. The van der Waals surface area contributed by atoms with Gasteiger partial charge in [0.1, 0.15) is 17.3 Å². The monoisotopic (exact) mass is 722 g/mol. The first-order valence-corrected chi connectivity index (χ1v) is 20.3. The van der Waals surface area contributed by atoms with Crippen LogP contribution in [0.5, 0.6) is 5.75 Å². The molecule has 1 saturated heterocycles. The summed E-state index contributed by atoms with van der Waals surface area (Å²) in [4.78, 5) is 28.9. The maximum absolute atomic E-state index is 14.6. The second-order valence-corrected chi connectivity index (χ2v) is 16.5. The minimum Gasteiger partial charge on any atom is -0.508 e. The number of ether oxygens (including phenoxy) is 2. The summed E-state index contributed by atoms with van der Waals surface area (Å²) in [6.45, 7) is 2.31. The molecule has 0 aromatic heterocycles. The van der Waals surface area contributed by atoms with E-state index >= 15 is 0 Å². The fourth-order valence-corrected chi connectivity index (χ4v) is 11.4. The highest BCUT2D eigenvalue weighted by Crippen LogP contribution is 2.72. The van der Waals surface area contributed by atoms with E-state index in [-0.39, 0.29) is 53.9 Å². The lowest BCUT2D eigenvalue weighted by Gasteiger charge is -2.56. The lowest BCUT2D eigenvalue weighted by atomic mass is 9.44. The molecule has 6 heteroatoms. The second kappa shape index (κ2) is 14.2. The van der Waals surface area contributed by atoms with Crippen molar-refractivity contribution in [3.8, 4) is 16.9 Å². The highest BCUT2D eigenvalue weighted by molar-refractivity contribution is 6.07. The third-order valence-electron chi connectivity index (χ3n) is 13.9. The zero-order valence-corrected chi connectivity index (χ0v) is 31.1. The van der Waals surface area contributed by atoms with Gasteiger partial charge in [0.05, 0.1) is 11.0 Å². The first-order chi connectivity index (χ1) is 26.4. The number of hydrogen-bond donors (Lipinski definition) is 2. The fourth-order valence-electron chi connectivity index (χ4n) is 11.4. The number of esters is 2. The lowest BCUT2D eigenvalue weighted by molar-refractivity contribution is -0.135. The molecule has 1 spiro atoms. The maximum atomic E-state index is 14.6. The van der Waals surface area contributed by atoms with Crippen molar-refractivity contribution in [3.05, 3.63) is 130 Å². The van der Waals surface area contributed by atoms with Crippen LogP contribution in [-0.4, -0.2) is 28.8 Å². The Balaban J connectivity index is 1.22. The SMILES string of the molecule is CCC(C=C1OC(=O)C2=C(c3cc(O)ccc3-c3ccccc3)C3CCC12C1C2=C(CCC31)C(=CCC(CO)C1CCCC1)OC2=O)Cc1ccccc1.